The zero-order chi connectivity index (χ0) is 14.8. The molecule has 4 nitrogen and oxygen atoms in total. The van der Waals surface area contributed by atoms with Gasteiger partial charge in [-0.05, 0) is 42.5 Å². The van der Waals surface area contributed by atoms with Crippen LogP contribution in [0.5, 0.6) is 0 Å². The third-order valence-corrected chi connectivity index (χ3v) is 3.29. The summed E-state index contributed by atoms with van der Waals surface area (Å²) < 4.78 is 13.0. The van der Waals surface area contributed by atoms with Gasteiger partial charge in [0.15, 0.2) is 0 Å². The van der Waals surface area contributed by atoms with Gasteiger partial charge in [0.2, 0.25) is 5.91 Å². The van der Waals surface area contributed by atoms with E-state index in [4.69, 9.17) is 0 Å². The molecule has 2 N–H and O–H groups in total. The molecular weight excluding hydrogens is 269 g/mol. The van der Waals surface area contributed by atoms with Crippen LogP contribution in [0.25, 0.3) is 22.2 Å². The van der Waals surface area contributed by atoms with Gasteiger partial charge in [0.1, 0.15) is 5.82 Å². The number of benzene rings is 2. The normalized spacial score (nSPS) is 10.8. The Balaban J connectivity index is 2.05. The molecule has 0 bridgehead atoms. The van der Waals surface area contributed by atoms with Crippen molar-refractivity contribution in [3.63, 3.8) is 0 Å². The zero-order valence-electron chi connectivity index (χ0n) is 11.5. The van der Waals surface area contributed by atoms with Gasteiger partial charge in [-0.2, -0.15) is 5.10 Å². The molecule has 2 aromatic carbocycles. The van der Waals surface area contributed by atoms with E-state index in [2.05, 4.69) is 15.5 Å². The van der Waals surface area contributed by atoms with Crippen LogP contribution in [0.3, 0.4) is 0 Å². The first-order valence-corrected chi connectivity index (χ1v) is 6.71. The van der Waals surface area contributed by atoms with Crippen molar-refractivity contribution in [1.29, 1.82) is 0 Å². The number of hydrogen-bond donors (Lipinski definition) is 2. The fourth-order valence-corrected chi connectivity index (χ4v) is 2.17. The fraction of sp³-hybridized carbons (Fsp3) is 0.125. The van der Waals surface area contributed by atoms with E-state index in [9.17, 15) is 9.18 Å². The van der Waals surface area contributed by atoms with E-state index in [1.54, 1.807) is 19.1 Å². The summed E-state index contributed by atoms with van der Waals surface area (Å²) in [6, 6.07) is 11.7. The van der Waals surface area contributed by atoms with Crippen molar-refractivity contribution in [3.05, 3.63) is 48.3 Å². The Morgan fingerprint density at radius 1 is 1.24 bits per heavy atom. The van der Waals surface area contributed by atoms with E-state index in [0.717, 1.165) is 27.8 Å². The predicted octanol–water partition coefficient (Wildman–Crippen LogP) is 3.72. The number of aromatic amines is 1. The van der Waals surface area contributed by atoms with Crippen LogP contribution in [0.2, 0.25) is 0 Å². The summed E-state index contributed by atoms with van der Waals surface area (Å²) >= 11 is 0. The van der Waals surface area contributed by atoms with E-state index in [-0.39, 0.29) is 11.7 Å². The van der Waals surface area contributed by atoms with Crippen molar-refractivity contribution >= 4 is 22.5 Å². The van der Waals surface area contributed by atoms with E-state index in [1.807, 2.05) is 18.2 Å². The summed E-state index contributed by atoms with van der Waals surface area (Å²) in [6.45, 7) is 1.80. The molecule has 0 saturated carbocycles. The molecular formula is C16H14FN3O. The van der Waals surface area contributed by atoms with Gasteiger partial charge < -0.3 is 5.32 Å². The maximum absolute atomic E-state index is 13.0. The maximum atomic E-state index is 13.0. The molecule has 0 fully saturated rings. The van der Waals surface area contributed by atoms with Crippen LogP contribution in [-0.4, -0.2) is 16.1 Å². The Kier molecular flexibility index (Phi) is 3.39. The Morgan fingerprint density at radius 3 is 2.71 bits per heavy atom. The molecule has 1 heterocycles. The lowest BCUT2D eigenvalue weighted by Gasteiger charge is -2.04. The van der Waals surface area contributed by atoms with Crippen LogP contribution in [0.4, 0.5) is 10.1 Å². The highest BCUT2D eigenvalue weighted by Crippen LogP contribution is 2.28. The van der Waals surface area contributed by atoms with Crippen LogP contribution < -0.4 is 5.32 Å². The SMILES string of the molecule is CCC(=O)Nc1ccc2[nH]nc(-c3ccc(F)cc3)c2c1. The van der Waals surface area contributed by atoms with Crippen LogP contribution in [0.15, 0.2) is 42.5 Å². The number of rotatable bonds is 3. The average Bonchev–Trinajstić information content (AvgIpc) is 2.91. The second-order valence-electron chi connectivity index (χ2n) is 4.74. The quantitative estimate of drug-likeness (QED) is 0.769. The topological polar surface area (TPSA) is 57.8 Å². The number of halogens is 1. The monoisotopic (exact) mass is 283 g/mol. The third kappa shape index (κ3) is 2.63. The highest BCUT2D eigenvalue weighted by Gasteiger charge is 2.09. The smallest absolute Gasteiger partial charge is 0.224 e. The van der Waals surface area contributed by atoms with Gasteiger partial charge in [0.05, 0.1) is 11.2 Å². The molecule has 0 radical (unpaired) electrons. The van der Waals surface area contributed by atoms with Gasteiger partial charge in [-0.1, -0.05) is 6.92 Å². The number of carbonyl (C=O) groups excluding carboxylic acids is 1. The van der Waals surface area contributed by atoms with Gasteiger partial charge in [-0.15, -0.1) is 0 Å². The Bertz CT molecular complexity index is 793. The molecule has 0 saturated heterocycles. The lowest BCUT2D eigenvalue weighted by molar-refractivity contribution is -0.115. The number of fused-ring (bicyclic) bond motifs is 1. The standard InChI is InChI=1S/C16H14FN3O/c1-2-15(21)18-12-7-8-14-13(9-12)16(20-19-14)10-3-5-11(17)6-4-10/h3-9H,2H2,1H3,(H,18,21)(H,19,20). The number of nitrogens with zero attached hydrogens (tertiary/aromatic N) is 1. The van der Waals surface area contributed by atoms with Gasteiger partial charge in [-0.3, -0.25) is 9.89 Å². The first kappa shape index (κ1) is 13.3. The minimum Gasteiger partial charge on any atom is -0.326 e. The highest BCUT2D eigenvalue weighted by atomic mass is 19.1. The molecule has 3 aromatic rings. The third-order valence-electron chi connectivity index (χ3n) is 3.29. The molecule has 0 aliphatic heterocycles. The van der Waals surface area contributed by atoms with Crippen LogP contribution in [0, 0.1) is 5.82 Å². The summed E-state index contributed by atoms with van der Waals surface area (Å²) in [4.78, 5) is 11.5. The van der Waals surface area contributed by atoms with Crippen molar-refractivity contribution in [3.8, 4) is 11.3 Å². The van der Waals surface area contributed by atoms with Crippen LogP contribution >= 0.6 is 0 Å². The van der Waals surface area contributed by atoms with Crippen molar-refractivity contribution in [1.82, 2.24) is 10.2 Å². The molecule has 1 aromatic heterocycles. The van der Waals surface area contributed by atoms with Crippen molar-refractivity contribution < 1.29 is 9.18 Å². The molecule has 0 unspecified atom stereocenters. The van der Waals surface area contributed by atoms with E-state index >= 15 is 0 Å². The van der Waals surface area contributed by atoms with E-state index in [0.29, 0.717) is 6.42 Å². The maximum Gasteiger partial charge on any atom is 0.224 e. The summed E-state index contributed by atoms with van der Waals surface area (Å²) in [5, 5.41) is 10.9. The second kappa shape index (κ2) is 5.36. The van der Waals surface area contributed by atoms with Crippen molar-refractivity contribution in [2.45, 2.75) is 13.3 Å². The van der Waals surface area contributed by atoms with Gasteiger partial charge in [0, 0.05) is 23.1 Å². The molecule has 0 atom stereocenters. The molecule has 0 spiro atoms. The molecule has 3 rings (SSSR count). The van der Waals surface area contributed by atoms with Gasteiger partial charge in [0.25, 0.3) is 0 Å². The summed E-state index contributed by atoms with van der Waals surface area (Å²) in [5.74, 6) is -0.323. The Morgan fingerprint density at radius 2 is 2.00 bits per heavy atom. The van der Waals surface area contributed by atoms with Gasteiger partial charge in [-0.25, -0.2) is 4.39 Å². The second-order valence-corrected chi connectivity index (χ2v) is 4.74. The zero-order valence-corrected chi connectivity index (χ0v) is 11.5. The molecule has 5 heteroatoms. The molecule has 21 heavy (non-hydrogen) atoms. The lowest BCUT2D eigenvalue weighted by Crippen LogP contribution is -2.09. The molecule has 106 valence electrons. The number of amides is 1. The number of carbonyl (C=O) groups is 1. The summed E-state index contributed by atoms with van der Waals surface area (Å²) in [7, 11) is 0. The van der Waals surface area contributed by atoms with Crippen molar-refractivity contribution in [2.75, 3.05) is 5.32 Å². The molecule has 0 aliphatic rings. The summed E-state index contributed by atoms with van der Waals surface area (Å²) in [5.41, 5.74) is 3.14. The first-order valence-electron chi connectivity index (χ1n) is 6.71. The first-order chi connectivity index (χ1) is 10.2. The van der Waals surface area contributed by atoms with E-state index < -0.39 is 0 Å². The minimum absolute atomic E-state index is 0.0406. The summed E-state index contributed by atoms with van der Waals surface area (Å²) in [6.07, 6.45) is 0.425. The number of hydrogen-bond acceptors (Lipinski definition) is 2. The van der Waals surface area contributed by atoms with Crippen LogP contribution in [0.1, 0.15) is 13.3 Å². The molecule has 1 amide bonds. The number of H-pyrrole nitrogens is 1. The van der Waals surface area contributed by atoms with E-state index in [1.165, 1.54) is 12.1 Å². The van der Waals surface area contributed by atoms with Crippen molar-refractivity contribution in [2.24, 2.45) is 0 Å². The van der Waals surface area contributed by atoms with Gasteiger partial charge >= 0.3 is 0 Å². The number of anilines is 1. The largest absolute Gasteiger partial charge is 0.326 e. The molecule has 0 aliphatic carbocycles. The Labute approximate surface area is 121 Å². The fourth-order valence-electron chi connectivity index (χ4n) is 2.17. The number of nitrogens with one attached hydrogen (secondary N) is 2. The average molecular weight is 283 g/mol. The lowest BCUT2D eigenvalue weighted by atomic mass is 10.1. The predicted molar refractivity (Wildman–Crippen MR) is 80.4 cm³/mol. The Hall–Kier alpha value is -2.69. The minimum atomic E-state index is -0.283. The number of aromatic nitrogens is 2. The highest BCUT2D eigenvalue weighted by molar-refractivity contribution is 5.98. The van der Waals surface area contributed by atoms with Crippen LogP contribution in [-0.2, 0) is 4.79 Å².